The van der Waals surface area contributed by atoms with Crippen LogP contribution in [0, 0.1) is 0 Å². The summed E-state index contributed by atoms with van der Waals surface area (Å²) in [6.45, 7) is 2.78. The fourth-order valence-electron chi connectivity index (χ4n) is 2.85. The van der Waals surface area contributed by atoms with E-state index in [2.05, 4.69) is 17.3 Å². The van der Waals surface area contributed by atoms with Crippen molar-refractivity contribution in [3.8, 4) is 0 Å². The molecule has 0 saturated heterocycles. The lowest BCUT2D eigenvalue weighted by Gasteiger charge is -2.27. The van der Waals surface area contributed by atoms with Gasteiger partial charge in [0.1, 0.15) is 0 Å². The summed E-state index contributed by atoms with van der Waals surface area (Å²) in [5, 5.41) is 5.48. The zero-order chi connectivity index (χ0) is 14.3. The standard InChI is InChI=1S/C15H17Cl2N3/c1-18-7-10-9-3-4-12(16)14(17)15(9)19-13-5-6-20(2)8-11(10)13/h3-4,18H,5-8H2,1-2H3. The van der Waals surface area contributed by atoms with Crippen LogP contribution in [0.1, 0.15) is 16.8 Å². The van der Waals surface area contributed by atoms with E-state index in [1.165, 1.54) is 11.1 Å². The highest BCUT2D eigenvalue weighted by Gasteiger charge is 2.21. The molecule has 1 aliphatic heterocycles. The van der Waals surface area contributed by atoms with Crippen LogP contribution in [0.5, 0.6) is 0 Å². The maximum Gasteiger partial charge on any atom is 0.0910 e. The summed E-state index contributed by atoms with van der Waals surface area (Å²) < 4.78 is 0. The van der Waals surface area contributed by atoms with Gasteiger partial charge in [0.2, 0.25) is 0 Å². The fraction of sp³-hybridized carbons (Fsp3) is 0.400. The summed E-state index contributed by atoms with van der Waals surface area (Å²) in [5.41, 5.74) is 4.61. The van der Waals surface area contributed by atoms with E-state index >= 15 is 0 Å². The minimum atomic E-state index is 0.559. The van der Waals surface area contributed by atoms with Gasteiger partial charge in [-0.1, -0.05) is 29.3 Å². The fourth-order valence-corrected chi connectivity index (χ4v) is 3.21. The van der Waals surface area contributed by atoms with Crippen LogP contribution in [0.3, 0.4) is 0 Å². The Morgan fingerprint density at radius 3 is 2.90 bits per heavy atom. The molecule has 0 bridgehead atoms. The van der Waals surface area contributed by atoms with Crippen molar-refractivity contribution in [3.05, 3.63) is 39.0 Å². The van der Waals surface area contributed by atoms with Gasteiger partial charge in [-0.3, -0.25) is 4.98 Å². The van der Waals surface area contributed by atoms with Crippen LogP contribution in [-0.2, 0) is 19.5 Å². The lowest BCUT2D eigenvalue weighted by Crippen LogP contribution is -2.29. The molecule has 1 aromatic carbocycles. The van der Waals surface area contributed by atoms with Crippen LogP contribution in [-0.4, -0.2) is 30.5 Å². The molecule has 0 amide bonds. The van der Waals surface area contributed by atoms with Gasteiger partial charge >= 0.3 is 0 Å². The summed E-state index contributed by atoms with van der Waals surface area (Å²) in [6, 6.07) is 3.88. The number of benzene rings is 1. The number of nitrogens with one attached hydrogen (secondary N) is 1. The van der Waals surface area contributed by atoms with Gasteiger partial charge in [-0.05, 0) is 31.3 Å². The van der Waals surface area contributed by atoms with Gasteiger partial charge < -0.3 is 10.2 Å². The second-order valence-corrected chi connectivity index (χ2v) is 6.08. The summed E-state index contributed by atoms with van der Waals surface area (Å²) in [7, 11) is 4.11. The van der Waals surface area contributed by atoms with Crippen LogP contribution in [0.15, 0.2) is 12.1 Å². The molecular formula is C15H17Cl2N3. The van der Waals surface area contributed by atoms with Crippen LogP contribution >= 0.6 is 23.2 Å². The number of nitrogens with zero attached hydrogens (tertiary/aromatic N) is 2. The van der Waals surface area contributed by atoms with Crippen molar-refractivity contribution in [2.75, 3.05) is 20.6 Å². The molecular weight excluding hydrogens is 293 g/mol. The number of pyridine rings is 1. The minimum Gasteiger partial charge on any atom is -0.316 e. The van der Waals surface area contributed by atoms with Gasteiger partial charge in [-0.25, -0.2) is 0 Å². The summed E-state index contributed by atoms with van der Waals surface area (Å²) in [4.78, 5) is 7.11. The number of fused-ring (bicyclic) bond motifs is 2. The van der Waals surface area contributed by atoms with E-state index in [4.69, 9.17) is 28.2 Å². The lowest BCUT2D eigenvalue weighted by atomic mass is 9.96. The first-order valence-electron chi connectivity index (χ1n) is 6.73. The SMILES string of the molecule is CNCc1c2c(nc3c(Cl)c(Cl)ccc13)CCN(C)C2. The largest absolute Gasteiger partial charge is 0.316 e. The summed E-state index contributed by atoms with van der Waals surface area (Å²) >= 11 is 12.5. The molecule has 5 heteroatoms. The zero-order valence-corrected chi connectivity index (χ0v) is 13.1. The Hall–Kier alpha value is -0.870. The Morgan fingerprint density at radius 2 is 2.15 bits per heavy atom. The predicted molar refractivity (Wildman–Crippen MR) is 84.6 cm³/mol. The van der Waals surface area contributed by atoms with Crippen molar-refractivity contribution in [3.63, 3.8) is 0 Å². The van der Waals surface area contributed by atoms with Gasteiger partial charge in [0.05, 0.1) is 15.6 Å². The predicted octanol–water partition coefficient (Wildman–Crippen LogP) is 3.25. The second kappa shape index (κ2) is 5.49. The molecule has 1 aliphatic rings. The third-order valence-electron chi connectivity index (χ3n) is 3.87. The Labute approximate surface area is 128 Å². The molecule has 0 radical (unpaired) electrons. The van der Waals surface area contributed by atoms with Crippen molar-refractivity contribution >= 4 is 34.1 Å². The quantitative estimate of drug-likeness (QED) is 0.923. The molecule has 0 unspecified atom stereocenters. The normalized spacial score (nSPS) is 15.6. The lowest BCUT2D eigenvalue weighted by molar-refractivity contribution is 0.309. The third kappa shape index (κ3) is 2.29. The number of halogens is 2. The van der Waals surface area contributed by atoms with Gasteiger partial charge in [-0.2, -0.15) is 0 Å². The van der Waals surface area contributed by atoms with Crippen molar-refractivity contribution in [2.45, 2.75) is 19.5 Å². The molecule has 2 heterocycles. The topological polar surface area (TPSA) is 28.2 Å². The van der Waals surface area contributed by atoms with E-state index in [0.717, 1.165) is 42.7 Å². The van der Waals surface area contributed by atoms with Crippen molar-refractivity contribution in [2.24, 2.45) is 0 Å². The molecule has 0 atom stereocenters. The van der Waals surface area contributed by atoms with E-state index in [1.54, 1.807) is 0 Å². The first-order valence-corrected chi connectivity index (χ1v) is 7.49. The van der Waals surface area contributed by atoms with Crippen LogP contribution in [0.25, 0.3) is 10.9 Å². The smallest absolute Gasteiger partial charge is 0.0910 e. The Balaban J connectivity index is 2.32. The number of likely N-dealkylation sites (N-methyl/N-ethyl adjacent to an activating group) is 1. The highest BCUT2D eigenvalue weighted by Crippen LogP contribution is 2.34. The molecule has 20 heavy (non-hydrogen) atoms. The Bertz CT molecular complexity index is 670. The number of hydrogen-bond acceptors (Lipinski definition) is 3. The van der Waals surface area contributed by atoms with E-state index in [9.17, 15) is 0 Å². The van der Waals surface area contributed by atoms with Gasteiger partial charge in [-0.15, -0.1) is 0 Å². The maximum absolute atomic E-state index is 6.34. The Morgan fingerprint density at radius 1 is 1.35 bits per heavy atom. The van der Waals surface area contributed by atoms with Crippen LogP contribution < -0.4 is 5.32 Å². The monoisotopic (exact) mass is 309 g/mol. The van der Waals surface area contributed by atoms with Gasteiger partial charge in [0, 0.05) is 37.1 Å². The number of hydrogen-bond donors (Lipinski definition) is 1. The third-order valence-corrected chi connectivity index (χ3v) is 4.66. The molecule has 0 aliphatic carbocycles. The van der Waals surface area contributed by atoms with Crippen molar-refractivity contribution in [1.29, 1.82) is 0 Å². The molecule has 1 N–H and O–H groups in total. The van der Waals surface area contributed by atoms with E-state index < -0.39 is 0 Å². The van der Waals surface area contributed by atoms with Crippen LogP contribution in [0.2, 0.25) is 10.0 Å². The summed E-state index contributed by atoms with van der Waals surface area (Å²) in [6.07, 6.45) is 0.960. The minimum absolute atomic E-state index is 0.559. The molecule has 0 spiro atoms. The maximum atomic E-state index is 6.34. The molecule has 0 fully saturated rings. The molecule has 3 nitrogen and oxygen atoms in total. The molecule has 3 rings (SSSR count). The van der Waals surface area contributed by atoms with E-state index in [1.807, 2.05) is 19.2 Å². The van der Waals surface area contributed by atoms with Gasteiger partial charge in [0.25, 0.3) is 0 Å². The highest BCUT2D eigenvalue weighted by molar-refractivity contribution is 6.45. The highest BCUT2D eigenvalue weighted by atomic mass is 35.5. The number of rotatable bonds is 2. The average molecular weight is 310 g/mol. The average Bonchev–Trinajstić information content (AvgIpc) is 2.44. The van der Waals surface area contributed by atoms with Crippen molar-refractivity contribution in [1.82, 2.24) is 15.2 Å². The summed E-state index contributed by atoms with van der Waals surface area (Å²) in [5.74, 6) is 0. The zero-order valence-electron chi connectivity index (χ0n) is 11.6. The molecule has 2 aromatic rings. The van der Waals surface area contributed by atoms with E-state index in [-0.39, 0.29) is 0 Å². The Kier molecular flexibility index (Phi) is 3.87. The molecule has 1 aromatic heterocycles. The molecule has 106 valence electrons. The van der Waals surface area contributed by atoms with E-state index in [0.29, 0.717) is 10.0 Å². The first kappa shape index (κ1) is 14.1. The second-order valence-electron chi connectivity index (χ2n) is 5.29. The first-order chi connectivity index (χ1) is 9.61. The number of aromatic nitrogens is 1. The van der Waals surface area contributed by atoms with Crippen molar-refractivity contribution < 1.29 is 0 Å². The van der Waals surface area contributed by atoms with Gasteiger partial charge in [0.15, 0.2) is 0 Å². The van der Waals surface area contributed by atoms with Crippen LogP contribution in [0.4, 0.5) is 0 Å². The molecule has 0 saturated carbocycles.